The number of nitrogens with one attached hydrogen (secondary N) is 1. The molecule has 2 rings (SSSR count). The number of rotatable bonds is 4. The van der Waals surface area contributed by atoms with Gasteiger partial charge in [-0.2, -0.15) is 0 Å². The molecule has 0 saturated heterocycles. The van der Waals surface area contributed by atoms with E-state index >= 15 is 0 Å². The minimum Gasteiger partial charge on any atom is -0.444 e. The van der Waals surface area contributed by atoms with Gasteiger partial charge >= 0.3 is 11.8 Å². The molecule has 0 aliphatic rings. The zero-order chi connectivity index (χ0) is 17.9. The average Bonchev–Trinajstić information content (AvgIpc) is 2.77. The lowest BCUT2D eigenvalue weighted by molar-refractivity contribution is 0.0532. The first-order valence-corrected chi connectivity index (χ1v) is 7.98. The van der Waals surface area contributed by atoms with Gasteiger partial charge in [-0.1, -0.05) is 15.9 Å². The van der Waals surface area contributed by atoms with Crippen LogP contribution in [0.4, 0.5) is 9.18 Å². The van der Waals surface area contributed by atoms with Crippen molar-refractivity contribution < 1.29 is 13.9 Å². The van der Waals surface area contributed by atoms with Gasteiger partial charge in [0.1, 0.15) is 5.60 Å². The second-order valence-corrected chi connectivity index (χ2v) is 7.05. The van der Waals surface area contributed by atoms with Gasteiger partial charge < -0.3 is 10.1 Å². The molecule has 0 aliphatic carbocycles. The van der Waals surface area contributed by atoms with Crippen molar-refractivity contribution in [2.75, 3.05) is 6.54 Å². The lowest BCUT2D eigenvalue weighted by Gasteiger charge is -2.19. The van der Waals surface area contributed by atoms with Gasteiger partial charge in [-0.15, -0.1) is 5.10 Å². The molecule has 2 aromatic rings. The third kappa shape index (κ3) is 4.67. The second kappa shape index (κ2) is 7.16. The third-order valence-electron chi connectivity index (χ3n) is 2.91. The molecule has 0 unspecified atom stereocenters. The van der Waals surface area contributed by atoms with E-state index in [9.17, 15) is 14.0 Å². The fraction of sp³-hybridized carbons (Fsp3) is 0.400. The summed E-state index contributed by atoms with van der Waals surface area (Å²) >= 11 is 3.30. The Labute approximate surface area is 146 Å². The maximum absolute atomic E-state index is 13.1. The molecule has 2 heterocycles. The highest BCUT2D eigenvalue weighted by atomic mass is 79.9. The fourth-order valence-corrected chi connectivity index (χ4v) is 2.24. The van der Waals surface area contributed by atoms with Crippen molar-refractivity contribution in [1.82, 2.24) is 19.5 Å². The topological polar surface area (TPSA) is 77.6 Å². The summed E-state index contributed by atoms with van der Waals surface area (Å²) in [6.45, 7) is 5.02. The van der Waals surface area contributed by atoms with Crippen LogP contribution in [0, 0.1) is 0 Å². The smallest absolute Gasteiger partial charge is 0.407 e. The Kier molecular flexibility index (Phi) is 5.43. The summed E-state index contributed by atoms with van der Waals surface area (Å²) < 4.78 is 21.4. The fourth-order valence-electron chi connectivity index (χ4n) is 1.92. The zero-order valence-electron chi connectivity index (χ0n) is 13.5. The number of hydrogen-bond donors (Lipinski definition) is 1. The third-order valence-corrected chi connectivity index (χ3v) is 3.41. The number of halogens is 2. The summed E-state index contributed by atoms with van der Waals surface area (Å²) in [5.41, 5.74) is -0.414. The molecule has 0 atom stereocenters. The highest BCUT2D eigenvalue weighted by Gasteiger charge is 2.16. The first-order valence-electron chi connectivity index (χ1n) is 7.19. The van der Waals surface area contributed by atoms with E-state index in [1.54, 1.807) is 39.1 Å². The molecule has 0 aliphatic heterocycles. The number of amides is 1. The van der Waals surface area contributed by atoms with Crippen molar-refractivity contribution in [2.45, 2.75) is 32.9 Å². The van der Waals surface area contributed by atoms with Crippen LogP contribution in [0.3, 0.4) is 0 Å². The van der Waals surface area contributed by atoms with Crippen LogP contribution in [-0.2, 0) is 11.3 Å². The number of aromatic nitrogens is 3. The second-order valence-electron chi connectivity index (χ2n) is 6.14. The van der Waals surface area contributed by atoms with E-state index in [0.717, 1.165) is 9.15 Å². The summed E-state index contributed by atoms with van der Waals surface area (Å²) in [7, 11) is 0. The van der Waals surface area contributed by atoms with E-state index in [1.807, 2.05) is 0 Å². The van der Waals surface area contributed by atoms with Gasteiger partial charge in [-0.05, 0) is 38.5 Å². The number of nitrogens with zero attached hydrogens (tertiary/aromatic N) is 3. The maximum Gasteiger partial charge on any atom is 0.407 e. The number of carbonyl (C=O) groups is 1. The van der Waals surface area contributed by atoms with Gasteiger partial charge in [0.15, 0.2) is 5.65 Å². The number of fused-ring (bicyclic) bond motifs is 1. The monoisotopic (exact) mass is 400 g/mol. The van der Waals surface area contributed by atoms with Gasteiger partial charge in [0.2, 0.25) is 0 Å². The lowest BCUT2D eigenvalue weighted by Crippen LogP contribution is -2.34. The predicted octanol–water partition coefficient (Wildman–Crippen LogP) is 2.64. The molecule has 0 fully saturated rings. The first kappa shape index (κ1) is 18.2. The Hall–Kier alpha value is -2.16. The normalized spacial score (nSPS) is 12.5. The number of carbonyl (C=O) groups excluding carboxylic acids is 1. The average molecular weight is 401 g/mol. The van der Waals surface area contributed by atoms with E-state index in [0.29, 0.717) is 12.0 Å². The Bertz CT molecular complexity index is 835. The van der Waals surface area contributed by atoms with Crippen molar-refractivity contribution in [3.8, 4) is 0 Å². The summed E-state index contributed by atoms with van der Waals surface area (Å²) in [6, 6.07) is 3.38. The van der Waals surface area contributed by atoms with Gasteiger partial charge in [0.25, 0.3) is 0 Å². The van der Waals surface area contributed by atoms with Crippen molar-refractivity contribution >= 4 is 27.7 Å². The molecule has 0 radical (unpaired) electrons. The van der Waals surface area contributed by atoms with Crippen LogP contribution in [-0.4, -0.2) is 32.4 Å². The number of alkyl carbamates (subject to hydrolysis) is 1. The highest BCUT2D eigenvalue weighted by Crippen LogP contribution is 2.10. The summed E-state index contributed by atoms with van der Waals surface area (Å²) in [5.74, 6) is 0. The van der Waals surface area contributed by atoms with Gasteiger partial charge in [-0.3, -0.25) is 4.40 Å². The SMILES string of the molecule is CC(C)(C)OC(=O)NC/C(=C\F)Cn1nc2cc(Br)ccn2c1=O. The highest BCUT2D eigenvalue weighted by molar-refractivity contribution is 9.10. The van der Waals surface area contributed by atoms with Gasteiger partial charge in [0.05, 0.1) is 12.9 Å². The predicted molar refractivity (Wildman–Crippen MR) is 90.6 cm³/mol. The van der Waals surface area contributed by atoms with Crippen LogP contribution in [0.1, 0.15) is 20.8 Å². The summed E-state index contributed by atoms with van der Waals surface area (Å²) in [6.07, 6.45) is 1.26. The summed E-state index contributed by atoms with van der Waals surface area (Å²) in [5, 5.41) is 6.58. The number of ether oxygens (including phenoxy) is 1. The largest absolute Gasteiger partial charge is 0.444 e. The van der Waals surface area contributed by atoms with Gasteiger partial charge in [-0.25, -0.2) is 18.7 Å². The summed E-state index contributed by atoms with van der Waals surface area (Å²) in [4.78, 5) is 23.8. The maximum atomic E-state index is 13.1. The van der Waals surface area contributed by atoms with Crippen molar-refractivity contribution in [3.63, 3.8) is 0 Å². The van der Waals surface area contributed by atoms with Crippen molar-refractivity contribution in [2.24, 2.45) is 0 Å². The molecule has 24 heavy (non-hydrogen) atoms. The van der Waals surface area contributed by atoms with Crippen LogP contribution < -0.4 is 11.0 Å². The Balaban J connectivity index is 2.07. The molecule has 0 bridgehead atoms. The molecule has 0 aromatic carbocycles. The molecular weight excluding hydrogens is 383 g/mol. The minimum atomic E-state index is -0.659. The molecule has 7 nitrogen and oxygen atoms in total. The Morgan fingerprint density at radius 1 is 1.50 bits per heavy atom. The standard InChI is InChI=1S/C15H18BrFN4O3/c1-15(2,3)24-13(22)18-8-10(7-17)9-21-14(23)20-5-4-11(16)6-12(20)19-21/h4-7H,8-9H2,1-3H3,(H,18,22)/b10-7+. The van der Waals surface area contributed by atoms with Crippen LogP contribution >= 0.6 is 15.9 Å². The van der Waals surface area contributed by atoms with E-state index < -0.39 is 17.4 Å². The van der Waals surface area contributed by atoms with E-state index in [1.165, 1.54) is 4.40 Å². The van der Waals surface area contributed by atoms with Crippen LogP contribution in [0.15, 0.2) is 39.5 Å². The van der Waals surface area contributed by atoms with Crippen LogP contribution in [0.5, 0.6) is 0 Å². The van der Waals surface area contributed by atoms with E-state index in [4.69, 9.17) is 4.74 Å². The number of hydrogen-bond acceptors (Lipinski definition) is 4. The lowest BCUT2D eigenvalue weighted by atomic mass is 10.2. The van der Waals surface area contributed by atoms with Crippen molar-refractivity contribution in [1.29, 1.82) is 0 Å². The minimum absolute atomic E-state index is 0.0789. The number of pyridine rings is 1. The Morgan fingerprint density at radius 2 is 2.21 bits per heavy atom. The molecule has 0 saturated carbocycles. The van der Waals surface area contributed by atoms with Crippen molar-refractivity contribution in [3.05, 3.63) is 45.2 Å². The molecule has 1 N–H and O–H groups in total. The molecule has 130 valence electrons. The zero-order valence-corrected chi connectivity index (χ0v) is 15.1. The molecular formula is C15H18BrFN4O3. The molecule has 9 heteroatoms. The van der Waals surface area contributed by atoms with Gasteiger partial charge in [0, 0.05) is 17.2 Å². The van der Waals surface area contributed by atoms with E-state index in [-0.39, 0.29) is 18.7 Å². The van der Waals surface area contributed by atoms with E-state index in [2.05, 4.69) is 26.3 Å². The van der Waals surface area contributed by atoms with Crippen LogP contribution in [0.2, 0.25) is 0 Å². The molecule has 2 aromatic heterocycles. The van der Waals surface area contributed by atoms with Crippen LogP contribution in [0.25, 0.3) is 5.65 Å². The molecule has 1 amide bonds. The quantitative estimate of drug-likeness (QED) is 0.855. The first-order chi connectivity index (χ1) is 11.2. The Morgan fingerprint density at radius 3 is 2.83 bits per heavy atom. The molecule has 0 spiro atoms.